The van der Waals surface area contributed by atoms with E-state index < -0.39 is 0 Å². The van der Waals surface area contributed by atoms with Crippen LogP contribution in [0.25, 0.3) is 0 Å². The number of guanidine groups is 1. The molecule has 1 heterocycles. The average molecular weight is 395 g/mol. The molecule has 1 atom stereocenters. The highest BCUT2D eigenvalue weighted by Crippen LogP contribution is 2.23. The van der Waals surface area contributed by atoms with Gasteiger partial charge in [-0.2, -0.15) is 0 Å². The van der Waals surface area contributed by atoms with Crippen molar-refractivity contribution in [3.8, 4) is 0 Å². The van der Waals surface area contributed by atoms with Crippen LogP contribution in [0.2, 0.25) is 5.02 Å². The van der Waals surface area contributed by atoms with Crippen molar-refractivity contribution in [3.63, 3.8) is 0 Å². The third-order valence-electron chi connectivity index (χ3n) is 3.16. The minimum absolute atomic E-state index is 0. The summed E-state index contributed by atoms with van der Waals surface area (Å²) in [5.41, 5.74) is 1.19. The lowest BCUT2D eigenvalue weighted by Crippen LogP contribution is -2.43. The molecule has 106 valence electrons. The number of hydrogen-bond acceptors (Lipinski definition) is 2. The molecule has 1 fully saturated rings. The largest absolute Gasteiger partial charge is 0.369 e. The fraction of sp³-hybridized carbons (Fsp3) is 0.462. The fourth-order valence-corrected chi connectivity index (χ4v) is 2.41. The summed E-state index contributed by atoms with van der Waals surface area (Å²) in [7, 11) is 3.65. The molecule has 19 heavy (non-hydrogen) atoms. The van der Waals surface area contributed by atoms with Crippen LogP contribution in [0.1, 0.15) is 6.42 Å². The molecular formula is C13H20ClIN4. The lowest BCUT2D eigenvalue weighted by molar-refractivity contribution is 0.657. The molecule has 0 spiro atoms. The number of aliphatic imine (C=N–C) groups is 1. The van der Waals surface area contributed by atoms with E-state index >= 15 is 0 Å². The van der Waals surface area contributed by atoms with Crippen LogP contribution in [-0.4, -0.2) is 39.2 Å². The number of rotatable bonds is 2. The number of halogens is 2. The first-order valence-electron chi connectivity index (χ1n) is 6.14. The summed E-state index contributed by atoms with van der Waals surface area (Å²) in [6.07, 6.45) is 1.10. The van der Waals surface area contributed by atoms with Gasteiger partial charge in [-0.05, 0) is 24.6 Å². The van der Waals surface area contributed by atoms with Gasteiger partial charge in [-0.3, -0.25) is 4.99 Å². The molecule has 1 aliphatic heterocycles. The third kappa shape index (κ3) is 4.42. The van der Waals surface area contributed by atoms with E-state index in [1.54, 1.807) is 7.05 Å². The molecule has 1 saturated heterocycles. The molecule has 0 bridgehead atoms. The topological polar surface area (TPSA) is 39.7 Å². The Kier molecular flexibility index (Phi) is 6.71. The highest BCUT2D eigenvalue weighted by molar-refractivity contribution is 14.0. The van der Waals surface area contributed by atoms with Crippen LogP contribution in [-0.2, 0) is 0 Å². The Morgan fingerprint density at radius 3 is 2.89 bits per heavy atom. The van der Waals surface area contributed by atoms with Gasteiger partial charge in [0.05, 0.1) is 0 Å². The Bertz CT molecular complexity index is 438. The zero-order chi connectivity index (χ0) is 13.0. The van der Waals surface area contributed by atoms with Gasteiger partial charge in [0, 0.05) is 43.9 Å². The molecule has 1 aromatic carbocycles. The molecular weight excluding hydrogens is 375 g/mol. The minimum Gasteiger partial charge on any atom is -0.369 e. The van der Waals surface area contributed by atoms with Crippen LogP contribution in [0.15, 0.2) is 29.3 Å². The van der Waals surface area contributed by atoms with Crippen molar-refractivity contribution in [2.24, 2.45) is 4.99 Å². The molecule has 2 N–H and O–H groups in total. The molecule has 0 radical (unpaired) electrons. The van der Waals surface area contributed by atoms with Crippen LogP contribution in [0.4, 0.5) is 5.69 Å². The maximum Gasteiger partial charge on any atom is 0.190 e. The van der Waals surface area contributed by atoms with Crippen LogP contribution in [0, 0.1) is 0 Å². The second kappa shape index (κ2) is 7.79. The van der Waals surface area contributed by atoms with Crippen molar-refractivity contribution in [1.82, 2.24) is 10.6 Å². The van der Waals surface area contributed by atoms with Gasteiger partial charge in [0.2, 0.25) is 0 Å². The van der Waals surface area contributed by atoms with Crippen molar-refractivity contribution in [2.45, 2.75) is 12.5 Å². The molecule has 1 aliphatic rings. The lowest BCUT2D eigenvalue weighted by Gasteiger charge is -2.20. The van der Waals surface area contributed by atoms with Crippen molar-refractivity contribution in [3.05, 3.63) is 29.3 Å². The van der Waals surface area contributed by atoms with Crippen molar-refractivity contribution in [1.29, 1.82) is 0 Å². The Morgan fingerprint density at radius 1 is 1.47 bits per heavy atom. The van der Waals surface area contributed by atoms with E-state index in [0.29, 0.717) is 6.04 Å². The van der Waals surface area contributed by atoms with Gasteiger partial charge in [0.25, 0.3) is 0 Å². The molecule has 0 aliphatic carbocycles. The van der Waals surface area contributed by atoms with Crippen LogP contribution in [0.5, 0.6) is 0 Å². The summed E-state index contributed by atoms with van der Waals surface area (Å²) < 4.78 is 0. The Morgan fingerprint density at radius 2 is 2.26 bits per heavy atom. The van der Waals surface area contributed by atoms with Gasteiger partial charge < -0.3 is 15.5 Å². The molecule has 0 aromatic heterocycles. The second-order valence-electron chi connectivity index (χ2n) is 4.38. The molecule has 4 nitrogen and oxygen atoms in total. The lowest BCUT2D eigenvalue weighted by atomic mass is 10.3. The Labute approximate surface area is 136 Å². The van der Waals surface area contributed by atoms with E-state index in [1.165, 1.54) is 5.69 Å². The van der Waals surface area contributed by atoms with E-state index in [-0.39, 0.29) is 24.0 Å². The van der Waals surface area contributed by atoms with E-state index in [2.05, 4.69) is 26.6 Å². The first-order chi connectivity index (χ1) is 8.72. The number of nitrogens with zero attached hydrogens (tertiary/aromatic N) is 2. The second-order valence-corrected chi connectivity index (χ2v) is 4.81. The Balaban J connectivity index is 0.00000180. The maximum atomic E-state index is 6.02. The van der Waals surface area contributed by atoms with E-state index in [9.17, 15) is 0 Å². The first-order valence-corrected chi connectivity index (χ1v) is 6.52. The number of nitrogens with one attached hydrogen (secondary N) is 2. The zero-order valence-corrected chi connectivity index (χ0v) is 14.3. The van der Waals surface area contributed by atoms with Gasteiger partial charge in [0.1, 0.15) is 0 Å². The predicted molar refractivity (Wildman–Crippen MR) is 93.0 cm³/mol. The standard InChI is InChI=1S/C13H19ClN4.HI/c1-15-13(16-2)17-11-6-7-18(9-11)12-5-3-4-10(14)8-12;/h3-5,8,11H,6-7,9H2,1-2H3,(H2,15,16,17);1H. The van der Waals surface area contributed by atoms with Crippen molar-refractivity contribution < 1.29 is 0 Å². The van der Waals surface area contributed by atoms with Gasteiger partial charge >= 0.3 is 0 Å². The highest BCUT2D eigenvalue weighted by atomic mass is 127. The van der Waals surface area contributed by atoms with Crippen LogP contribution < -0.4 is 15.5 Å². The van der Waals surface area contributed by atoms with Gasteiger partial charge in [-0.15, -0.1) is 24.0 Å². The molecule has 2 rings (SSSR count). The van der Waals surface area contributed by atoms with E-state index in [0.717, 1.165) is 30.5 Å². The van der Waals surface area contributed by atoms with Crippen LogP contribution >= 0.6 is 35.6 Å². The van der Waals surface area contributed by atoms with Crippen LogP contribution in [0.3, 0.4) is 0 Å². The van der Waals surface area contributed by atoms with Gasteiger partial charge in [0.15, 0.2) is 5.96 Å². The van der Waals surface area contributed by atoms with Gasteiger partial charge in [-0.1, -0.05) is 17.7 Å². The van der Waals surface area contributed by atoms with Crippen molar-refractivity contribution in [2.75, 3.05) is 32.1 Å². The quantitative estimate of drug-likeness (QED) is 0.459. The summed E-state index contributed by atoms with van der Waals surface area (Å²) in [6.45, 7) is 2.01. The molecule has 0 saturated carbocycles. The smallest absolute Gasteiger partial charge is 0.190 e. The van der Waals surface area contributed by atoms with E-state index in [1.807, 2.05) is 25.2 Å². The maximum absolute atomic E-state index is 6.02. The normalized spacial score (nSPS) is 19.0. The summed E-state index contributed by atoms with van der Waals surface area (Å²) >= 11 is 6.02. The highest BCUT2D eigenvalue weighted by Gasteiger charge is 2.23. The third-order valence-corrected chi connectivity index (χ3v) is 3.40. The summed E-state index contributed by atoms with van der Waals surface area (Å²) in [5.74, 6) is 0.841. The predicted octanol–water partition coefficient (Wildman–Crippen LogP) is 2.33. The number of anilines is 1. The zero-order valence-electron chi connectivity index (χ0n) is 11.2. The minimum atomic E-state index is 0. The molecule has 0 amide bonds. The molecule has 6 heteroatoms. The summed E-state index contributed by atoms with van der Waals surface area (Å²) in [6, 6.07) is 8.43. The molecule has 1 unspecified atom stereocenters. The first kappa shape index (κ1) is 16.4. The number of benzene rings is 1. The average Bonchev–Trinajstić information content (AvgIpc) is 2.84. The Hall–Kier alpha value is -0.690. The van der Waals surface area contributed by atoms with Crippen molar-refractivity contribution >= 4 is 47.2 Å². The number of hydrogen-bond donors (Lipinski definition) is 2. The van der Waals surface area contributed by atoms with E-state index in [4.69, 9.17) is 11.6 Å². The molecule has 1 aromatic rings. The SMILES string of the molecule is CN=C(NC)NC1CCN(c2cccc(Cl)c2)C1.I. The van der Waals surface area contributed by atoms with Gasteiger partial charge in [-0.25, -0.2) is 0 Å². The monoisotopic (exact) mass is 394 g/mol. The summed E-state index contributed by atoms with van der Waals surface area (Å²) in [4.78, 5) is 6.48. The summed E-state index contributed by atoms with van der Waals surface area (Å²) in [5, 5.41) is 7.22. The fourth-order valence-electron chi connectivity index (χ4n) is 2.23.